The minimum atomic E-state index is -0.875. The average Bonchev–Trinajstić information content (AvgIpc) is 2.33. The lowest BCUT2D eigenvalue weighted by atomic mass is 10.0. The van der Waals surface area contributed by atoms with Crippen LogP contribution in [-0.2, 0) is 14.3 Å². The molecule has 0 heterocycles. The number of esters is 1. The maximum Gasteiger partial charge on any atom is 0.333 e. The Balaban J connectivity index is 2.84. The summed E-state index contributed by atoms with van der Waals surface area (Å²) in [5, 5.41) is 3.17. The van der Waals surface area contributed by atoms with Crippen LogP contribution in [0.15, 0.2) is 24.3 Å². The van der Waals surface area contributed by atoms with Gasteiger partial charge in [-0.15, -0.1) is 0 Å². The topological polar surface area (TPSA) is 47.6 Å². The number of nitrogens with one attached hydrogen (secondary N) is 1. The van der Waals surface area contributed by atoms with Crippen LogP contribution in [0.25, 0.3) is 0 Å². The third kappa shape index (κ3) is 3.74. The van der Waals surface area contributed by atoms with Gasteiger partial charge in [-0.3, -0.25) is 0 Å². The second kappa shape index (κ2) is 6.40. The number of methoxy groups -OCH3 is 1. The summed E-state index contributed by atoms with van der Waals surface area (Å²) in [6.45, 7) is 6.18. The first-order chi connectivity index (χ1) is 8.51. The van der Waals surface area contributed by atoms with E-state index in [0.717, 1.165) is 5.69 Å². The van der Waals surface area contributed by atoms with Crippen LogP contribution in [0, 0.1) is 6.92 Å². The van der Waals surface area contributed by atoms with E-state index in [1.165, 1.54) is 5.56 Å². The number of benzene rings is 1. The summed E-state index contributed by atoms with van der Waals surface area (Å²) in [6.07, 6.45) is 0. The van der Waals surface area contributed by atoms with Crippen molar-refractivity contribution in [3.05, 3.63) is 29.8 Å². The Morgan fingerprint density at radius 1 is 1.33 bits per heavy atom. The van der Waals surface area contributed by atoms with Gasteiger partial charge in [-0.1, -0.05) is 17.7 Å². The quantitative estimate of drug-likeness (QED) is 0.789. The van der Waals surface area contributed by atoms with E-state index in [4.69, 9.17) is 9.47 Å². The minimum absolute atomic E-state index is 0.250. The molecule has 0 spiro atoms. The van der Waals surface area contributed by atoms with Crippen LogP contribution in [0.1, 0.15) is 19.4 Å². The Hall–Kier alpha value is -1.55. The van der Waals surface area contributed by atoms with Crippen LogP contribution in [0.5, 0.6) is 0 Å². The molecule has 0 saturated carbocycles. The molecule has 100 valence electrons. The molecular weight excluding hydrogens is 230 g/mol. The van der Waals surface area contributed by atoms with Crippen molar-refractivity contribution in [1.82, 2.24) is 0 Å². The van der Waals surface area contributed by atoms with Crippen LogP contribution in [0.2, 0.25) is 0 Å². The van der Waals surface area contributed by atoms with Crippen LogP contribution in [-0.4, -0.2) is 31.8 Å². The second-order valence-corrected chi connectivity index (χ2v) is 4.48. The zero-order valence-electron chi connectivity index (χ0n) is 11.4. The lowest BCUT2D eigenvalue weighted by molar-refractivity contribution is -0.149. The van der Waals surface area contributed by atoms with E-state index in [-0.39, 0.29) is 12.6 Å². The molecule has 0 fully saturated rings. The predicted octanol–water partition coefficient (Wildman–Crippen LogP) is 2.38. The molecule has 0 aliphatic carbocycles. The smallest absolute Gasteiger partial charge is 0.333 e. The molecule has 0 bridgehead atoms. The van der Waals surface area contributed by atoms with Gasteiger partial charge in [0.15, 0.2) is 5.54 Å². The molecular formula is C14H21NO3. The molecule has 0 saturated heterocycles. The molecule has 18 heavy (non-hydrogen) atoms. The number of rotatable bonds is 6. The van der Waals surface area contributed by atoms with Gasteiger partial charge in [-0.2, -0.15) is 0 Å². The Labute approximate surface area is 108 Å². The predicted molar refractivity (Wildman–Crippen MR) is 71.7 cm³/mol. The Morgan fingerprint density at radius 3 is 2.44 bits per heavy atom. The number of carbonyl (C=O) groups is 1. The molecule has 1 atom stereocenters. The highest BCUT2D eigenvalue weighted by atomic mass is 16.5. The lowest BCUT2D eigenvalue weighted by Gasteiger charge is -2.28. The molecule has 1 unspecified atom stereocenters. The van der Waals surface area contributed by atoms with Crippen LogP contribution < -0.4 is 5.32 Å². The Morgan fingerprint density at radius 2 is 1.94 bits per heavy atom. The average molecular weight is 251 g/mol. The summed E-state index contributed by atoms with van der Waals surface area (Å²) < 4.78 is 10.2. The molecule has 1 aromatic rings. The van der Waals surface area contributed by atoms with E-state index < -0.39 is 5.54 Å². The SMILES string of the molecule is CCOC(=O)C(C)(COC)Nc1ccc(C)cc1. The largest absolute Gasteiger partial charge is 0.464 e. The van der Waals surface area contributed by atoms with Crippen molar-refractivity contribution in [3.8, 4) is 0 Å². The van der Waals surface area contributed by atoms with Gasteiger partial charge in [-0.05, 0) is 32.9 Å². The molecule has 0 aliphatic rings. The van der Waals surface area contributed by atoms with Gasteiger partial charge in [-0.25, -0.2) is 4.79 Å². The molecule has 0 aromatic heterocycles. The van der Waals surface area contributed by atoms with Crippen molar-refractivity contribution >= 4 is 11.7 Å². The van der Waals surface area contributed by atoms with Gasteiger partial charge in [0.2, 0.25) is 0 Å². The summed E-state index contributed by atoms with van der Waals surface area (Å²) in [7, 11) is 1.56. The van der Waals surface area contributed by atoms with Gasteiger partial charge in [0.25, 0.3) is 0 Å². The number of carbonyl (C=O) groups excluding carboxylic acids is 1. The number of ether oxygens (including phenoxy) is 2. The first kappa shape index (κ1) is 14.5. The van der Waals surface area contributed by atoms with Crippen molar-refractivity contribution < 1.29 is 14.3 Å². The highest BCUT2D eigenvalue weighted by molar-refractivity contribution is 5.84. The minimum Gasteiger partial charge on any atom is -0.464 e. The molecule has 0 amide bonds. The molecule has 0 aliphatic heterocycles. The van der Waals surface area contributed by atoms with Crippen molar-refractivity contribution in [2.45, 2.75) is 26.3 Å². The van der Waals surface area contributed by atoms with Crippen molar-refractivity contribution in [2.75, 3.05) is 25.6 Å². The van der Waals surface area contributed by atoms with E-state index in [1.807, 2.05) is 31.2 Å². The fourth-order valence-corrected chi connectivity index (χ4v) is 1.68. The molecule has 1 N–H and O–H groups in total. The third-order valence-electron chi connectivity index (χ3n) is 2.63. The van der Waals surface area contributed by atoms with Crippen molar-refractivity contribution in [1.29, 1.82) is 0 Å². The standard InChI is InChI=1S/C14H21NO3/c1-5-18-13(16)14(3,10-17-4)15-12-8-6-11(2)7-9-12/h6-9,15H,5,10H2,1-4H3. The monoisotopic (exact) mass is 251 g/mol. The van der Waals surface area contributed by atoms with E-state index in [0.29, 0.717) is 6.61 Å². The van der Waals surface area contributed by atoms with E-state index in [1.54, 1.807) is 21.0 Å². The zero-order chi connectivity index (χ0) is 13.6. The van der Waals surface area contributed by atoms with Gasteiger partial charge in [0.05, 0.1) is 13.2 Å². The number of hydrogen-bond acceptors (Lipinski definition) is 4. The van der Waals surface area contributed by atoms with Crippen LogP contribution in [0.3, 0.4) is 0 Å². The second-order valence-electron chi connectivity index (χ2n) is 4.48. The van der Waals surface area contributed by atoms with Gasteiger partial charge >= 0.3 is 5.97 Å². The van der Waals surface area contributed by atoms with E-state index in [2.05, 4.69) is 5.32 Å². The maximum absolute atomic E-state index is 12.0. The maximum atomic E-state index is 12.0. The summed E-state index contributed by atoms with van der Waals surface area (Å²) >= 11 is 0. The Bertz CT molecular complexity index is 389. The number of hydrogen-bond donors (Lipinski definition) is 1. The summed E-state index contributed by atoms with van der Waals surface area (Å²) in [6, 6.07) is 7.84. The molecule has 4 nitrogen and oxygen atoms in total. The zero-order valence-corrected chi connectivity index (χ0v) is 11.4. The summed E-state index contributed by atoms with van der Waals surface area (Å²) in [5.74, 6) is -0.313. The fraction of sp³-hybridized carbons (Fsp3) is 0.500. The highest BCUT2D eigenvalue weighted by Crippen LogP contribution is 2.18. The molecule has 1 rings (SSSR count). The van der Waals surface area contributed by atoms with Gasteiger partial charge < -0.3 is 14.8 Å². The molecule has 1 aromatic carbocycles. The summed E-state index contributed by atoms with van der Waals surface area (Å²) in [4.78, 5) is 12.0. The lowest BCUT2D eigenvalue weighted by Crippen LogP contribution is -2.48. The van der Waals surface area contributed by atoms with Crippen molar-refractivity contribution in [2.24, 2.45) is 0 Å². The number of aryl methyl sites for hydroxylation is 1. The fourth-order valence-electron chi connectivity index (χ4n) is 1.68. The third-order valence-corrected chi connectivity index (χ3v) is 2.63. The van der Waals surface area contributed by atoms with E-state index in [9.17, 15) is 4.79 Å². The summed E-state index contributed by atoms with van der Waals surface area (Å²) in [5.41, 5.74) is 1.17. The highest BCUT2D eigenvalue weighted by Gasteiger charge is 2.34. The van der Waals surface area contributed by atoms with Gasteiger partial charge in [0.1, 0.15) is 0 Å². The number of anilines is 1. The first-order valence-corrected chi connectivity index (χ1v) is 6.03. The van der Waals surface area contributed by atoms with Crippen molar-refractivity contribution in [3.63, 3.8) is 0 Å². The van der Waals surface area contributed by atoms with E-state index >= 15 is 0 Å². The first-order valence-electron chi connectivity index (χ1n) is 6.03. The molecule has 4 heteroatoms. The normalized spacial score (nSPS) is 13.8. The molecule has 0 radical (unpaired) electrons. The van der Waals surface area contributed by atoms with Gasteiger partial charge in [0, 0.05) is 12.8 Å². The van der Waals surface area contributed by atoms with Crippen LogP contribution >= 0.6 is 0 Å². The Kier molecular flexibility index (Phi) is 5.16. The van der Waals surface area contributed by atoms with Crippen LogP contribution in [0.4, 0.5) is 5.69 Å².